The van der Waals surface area contributed by atoms with Crippen LogP contribution in [0, 0.1) is 10.1 Å². The molecular weight excluding hydrogens is 350 g/mol. The number of benzene rings is 2. The van der Waals surface area contributed by atoms with E-state index < -0.39 is 4.92 Å². The van der Waals surface area contributed by atoms with Crippen LogP contribution in [0.5, 0.6) is 0 Å². The van der Waals surface area contributed by atoms with Gasteiger partial charge in [-0.25, -0.2) is 4.98 Å². The lowest BCUT2D eigenvalue weighted by molar-refractivity contribution is -0.383. The summed E-state index contributed by atoms with van der Waals surface area (Å²) >= 11 is 3.32. The normalized spacial score (nSPS) is 10.4. The van der Waals surface area contributed by atoms with E-state index in [1.165, 1.54) is 12.5 Å². The number of nitrogens with zero attached hydrogens (tertiary/aromatic N) is 2. The van der Waals surface area contributed by atoms with Gasteiger partial charge in [0.05, 0.1) is 11.1 Å². The number of aromatic nitrogens is 1. The predicted molar refractivity (Wildman–Crippen MR) is 86.0 cm³/mol. The molecule has 0 unspecified atom stereocenters. The van der Waals surface area contributed by atoms with Crippen molar-refractivity contribution in [2.45, 2.75) is 0 Å². The van der Waals surface area contributed by atoms with Crippen LogP contribution in [0.1, 0.15) is 0 Å². The summed E-state index contributed by atoms with van der Waals surface area (Å²) in [7, 11) is 0. The van der Waals surface area contributed by atoms with Gasteiger partial charge in [0.15, 0.2) is 12.2 Å². The number of hydrogen-bond acceptors (Lipinski definition) is 5. The molecular formula is C15H10BrN3O3. The van der Waals surface area contributed by atoms with E-state index in [1.807, 2.05) is 24.3 Å². The highest BCUT2D eigenvalue weighted by atomic mass is 79.9. The van der Waals surface area contributed by atoms with E-state index >= 15 is 0 Å². The summed E-state index contributed by atoms with van der Waals surface area (Å²) in [5, 5.41) is 14.2. The molecule has 0 aliphatic carbocycles. The number of oxazole rings is 1. The van der Waals surface area contributed by atoms with Gasteiger partial charge in [-0.1, -0.05) is 28.1 Å². The van der Waals surface area contributed by atoms with Gasteiger partial charge in [-0.05, 0) is 24.3 Å². The highest BCUT2D eigenvalue weighted by Gasteiger charge is 2.14. The Morgan fingerprint density at radius 3 is 2.82 bits per heavy atom. The number of rotatable bonds is 4. The first-order valence-electron chi connectivity index (χ1n) is 6.33. The third-order valence-electron chi connectivity index (χ3n) is 3.01. The summed E-state index contributed by atoms with van der Waals surface area (Å²) in [5.74, 6) is 0.632. The molecule has 0 spiro atoms. The first kappa shape index (κ1) is 14.3. The van der Waals surface area contributed by atoms with E-state index in [-0.39, 0.29) is 5.69 Å². The smallest absolute Gasteiger partial charge is 0.292 e. The minimum Gasteiger partial charge on any atom is -0.444 e. The van der Waals surface area contributed by atoms with Gasteiger partial charge in [0.1, 0.15) is 5.69 Å². The largest absolute Gasteiger partial charge is 0.444 e. The molecule has 0 fully saturated rings. The van der Waals surface area contributed by atoms with Crippen molar-refractivity contribution in [1.82, 2.24) is 4.98 Å². The standard InChI is InChI=1S/C15H10BrN3O3/c16-11-4-5-14(19(20)21)13(7-11)18-12-3-1-2-10(6-12)15-8-17-9-22-15/h1-9,18H. The van der Waals surface area contributed by atoms with E-state index in [4.69, 9.17) is 4.42 Å². The molecule has 0 amide bonds. The van der Waals surface area contributed by atoms with E-state index in [9.17, 15) is 10.1 Å². The van der Waals surface area contributed by atoms with Gasteiger partial charge in [-0.3, -0.25) is 10.1 Å². The Bertz CT molecular complexity index is 819. The molecule has 2 aromatic carbocycles. The summed E-state index contributed by atoms with van der Waals surface area (Å²) in [6, 6.07) is 12.1. The van der Waals surface area contributed by atoms with Gasteiger partial charge in [0.2, 0.25) is 0 Å². The lowest BCUT2D eigenvalue weighted by atomic mass is 10.1. The average Bonchev–Trinajstić information content (AvgIpc) is 3.01. The van der Waals surface area contributed by atoms with Crippen LogP contribution in [-0.2, 0) is 0 Å². The zero-order chi connectivity index (χ0) is 15.5. The Kier molecular flexibility index (Phi) is 3.88. The maximum atomic E-state index is 11.1. The van der Waals surface area contributed by atoms with Crippen LogP contribution in [-0.4, -0.2) is 9.91 Å². The fourth-order valence-corrected chi connectivity index (χ4v) is 2.39. The van der Waals surface area contributed by atoms with Gasteiger partial charge in [0.25, 0.3) is 5.69 Å². The highest BCUT2D eigenvalue weighted by Crippen LogP contribution is 2.31. The summed E-state index contributed by atoms with van der Waals surface area (Å²) in [6.45, 7) is 0. The van der Waals surface area contributed by atoms with Gasteiger partial charge in [-0.15, -0.1) is 0 Å². The molecule has 0 saturated carbocycles. The summed E-state index contributed by atoms with van der Waals surface area (Å²) in [4.78, 5) is 14.6. The summed E-state index contributed by atoms with van der Waals surface area (Å²) in [6.07, 6.45) is 2.97. The quantitative estimate of drug-likeness (QED) is 0.536. The lowest BCUT2D eigenvalue weighted by Crippen LogP contribution is -1.97. The molecule has 6 nitrogen and oxygen atoms in total. The second-order valence-corrected chi connectivity index (χ2v) is 5.41. The zero-order valence-electron chi connectivity index (χ0n) is 11.2. The first-order chi connectivity index (χ1) is 10.6. The van der Waals surface area contributed by atoms with Gasteiger partial charge in [0, 0.05) is 21.8 Å². The van der Waals surface area contributed by atoms with Gasteiger partial charge < -0.3 is 9.73 Å². The molecule has 0 aliphatic heterocycles. The monoisotopic (exact) mass is 359 g/mol. The molecule has 110 valence electrons. The van der Waals surface area contributed by atoms with Crippen molar-refractivity contribution in [2.75, 3.05) is 5.32 Å². The zero-order valence-corrected chi connectivity index (χ0v) is 12.8. The molecule has 1 heterocycles. The number of halogens is 1. The third kappa shape index (κ3) is 2.99. The molecule has 0 saturated heterocycles. The number of anilines is 2. The Morgan fingerprint density at radius 2 is 2.09 bits per heavy atom. The fourth-order valence-electron chi connectivity index (χ4n) is 2.03. The van der Waals surface area contributed by atoms with Crippen molar-refractivity contribution in [1.29, 1.82) is 0 Å². The van der Waals surface area contributed by atoms with Crippen molar-refractivity contribution in [3.8, 4) is 11.3 Å². The maximum Gasteiger partial charge on any atom is 0.292 e. The topological polar surface area (TPSA) is 81.2 Å². The van der Waals surface area contributed by atoms with E-state index in [0.717, 1.165) is 15.7 Å². The molecule has 0 radical (unpaired) electrons. The van der Waals surface area contributed by atoms with E-state index in [2.05, 4.69) is 26.2 Å². The maximum absolute atomic E-state index is 11.1. The third-order valence-corrected chi connectivity index (χ3v) is 3.51. The average molecular weight is 360 g/mol. The van der Waals surface area contributed by atoms with Crippen LogP contribution >= 0.6 is 15.9 Å². The van der Waals surface area contributed by atoms with Crippen molar-refractivity contribution in [3.63, 3.8) is 0 Å². The highest BCUT2D eigenvalue weighted by molar-refractivity contribution is 9.10. The number of nitro groups is 1. The Hall–Kier alpha value is -2.67. The molecule has 3 rings (SSSR count). The van der Waals surface area contributed by atoms with Crippen LogP contribution in [0.2, 0.25) is 0 Å². The van der Waals surface area contributed by atoms with Crippen molar-refractivity contribution < 1.29 is 9.34 Å². The van der Waals surface area contributed by atoms with Crippen LogP contribution in [0.15, 0.2) is 63.9 Å². The van der Waals surface area contributed by atoms with Crippen LogP contribution < -0.4 is 5.32 Å². The van der Waals surface area contributed by atoms with E-state index in [0.29, 0.717) is 11.4 Å². The minimum absolute atomic E-state index is 0.00766. The Morgan fingerprint density at radius 1 is 1.23 bits per heavy atom. The lowest BCUT2D eigenvalue weighted by Gasteiger charge is -2.08. The summed E-state index contributed by atoms with van der Waals surface area (Å²) in [5.41, 5.74) is 1.97. The van der Waals surface area contributed by atoms with Crippen molar-refractivity contribution in [3.05, 3.63) is 69.6 Å². The molecule has 0 bridgehead atoms. The van der Waals surface area contributed by atoms with Crippen molar-refractivity contribution >= 4 is 33.0 Å². The summed E-state index contributed by atoms with van der Waals surface area (Å²) < 4.78 is 6.01. The molecule has 1 aromatic heterocycles. The minimum atomic E-state index is -0.422. The molecule has 3 aromatic rings. The first-order valence-corrected chi connectivity index (χ1v) is 7.13. The Labute approximate surface area is 134 Å². The molecule has 0 aliphatic rings. The molecule has 7 heteroatoms. The second kappa shape index (κ2) is 5.98. The van der Waals surface area contributed by atoms with Crippen molar-refractivity contribution in [2.24, 2.45) is 0 Å². The molecule has 1 N–H and O–H groups in total. The SMILES string of the molecule is O=[N+]([O-])c1ccc(Br)cc1Nc1cccc(-c2cnco2)c1. The second-order valence-electron chi connectivity index (χ2n) is 4.49. The van der Waals surface area contributed by atoms with Gasteiger partial charge >= 0.3 is 0 Å². The van der Waals surface area contributed by atoms with Crippen LogP contribution in [0.4, 0.5) is 17.1 Å². The number of nitrogens with one attached hydrogen (secondary N) is 1. The number of nitro benzene ring substituents is 1. The predicted octanol–water partition coefficient (Wildman–Crippen LogP) is 4.76. The fraction of sp³-hybridized carbons (Fsp3) is 0. The molecule has 22 heavy (non-hydrogen) atoms. The number of hydrogen-bond donors (Lipinski definition) is 1. The van der Waals surface area contributed by atoms with Crippen LogP contribution in [0.25, 0.3) is 11.3 Å². The molecule has 0 atom stereocenters. The van der Waals surface area contributed by atoms with Crippen LogP contribution in [0.3, 0.4) is 0 Å². The van der Waals surface area contributed by atoms with E-state index in [1.54, 1.807) is 18.3 Å². The van der Waals surface area contributed by atoms with Gasteiger partial charge in [-0.2, -0.15) is 0 Å². The Balaban J connectivity index is 1.95.